The van der Waals surface area contributed by atoms with Crippen LogP contribution in [0.4, 0.5) is 0 Å². The average Bonchev–Trinajstić information content (AvgIpc) is 3.09. The van der Waals surface area contributed by atoms with E-state index >= 15 is 0 Å². The largest absolute Gasteiger partial charge is 0.459 e. The van der Waals surface area contributed by atoms with Crippen LogP contribution >= 0.6 is 0 Å². The molecule has 1 fully saturated rings. The Balaban J connectivity index is 1.77. The van der Waals surface area contributed by atoms with Gasteiger partial charge >= 0.3 is 17.9 Å². The third-order valence-corrected chi connectivity index (χ3v) is 5.53. The van der Waals surface area contributed by atoms with Gasteiger partial charge in [-0.1, -0.05) is 42.3 Å². The third kappa shape index (κ3) is 5.53. The number of carbonyl (C=O) groups is 3. The smallest absolute Gasteiger partial charge is 0.338 e. The highest BCUT2D eigenvalue weighted by Gasteiger charge is 2.52. The molecule has 0 aromatic heterocycles. The summed E-state index contributed by atoms with van der Waals surface area (Å²) in [6, 6.07) is 14.0. The van der Waals surface area contributed by atoms with Crippen LogP contribution in [0.15, 0.2) is 48.5 Å². The summed E-state index contributed by atoms with van der Waals surface area (Å²) in [5.74, 6) is -1.55. The second kappa shape index (κ2) is 9.96. The van der Waals surface area contributed by atoms with Crippen molar-refractivity contribution in [3.8, 4) is 0 Å². The van der Waals surface area contributed by atoms with Crippen molar-refractivity contribution in [1.29, 1.82) is 0 Å². The minimum atomic E-state index is -1.14. The molecule has 3 unspecified atom stereocenters. The van der Waals surface area contributed by atoms with Gasteiger partial charge in [0, 0.05) is 6.92 Å². The maximum absolute atomic E-state index is 12.7. The van der Waals surface area contributed by atoms with Crippen LogP contribution in [0.5, 0.6) is 0 Å². The molecule has 7 nitrogen and oxygen atoms in total. The summed E-state index contributed by atoms with van der Waals surface area (Å²) >= 11 is 0. The lowest BCUT2D eigenvalue weighted by atomic mass is 9.94. The van der Waals surface area contributed by atoms with E-state index in [-0.39, 0.29) is 13.0 Å². The normalized spacial score (nSPS) is 22.2. The van der Waals surface area contributed by atoms with Crippen LogP contribution < -0.4 is 0 Å². The lowest BCUT2D eigenvalue weighted by Gasteiger charge is -2.32. The zero-order chi connectivity index (χ0) is 23.3. The molecule has 1 aliphatic rings. The Kier molecular flexibility index (Phi) is 7.30. The van der Waals surface area contributed by atoms with Crippen molar-refractivity contribution in [2.24, 2.45) is 0 Å². The Morgan fingerprint density at radius 2 is 1.44 bits per heavy atom. The molecule has 1 saturated heterocycles. The maximum atomic E-state index is 12.7. The van der Waals surface area contributed by atoms with Crippen molar-refractivity contribution in [3.63, 3.8) is 0 Å². The molecule has 0 amide bonds. The first-order chi connectivity index (χ1) is 15.2. The molecule has 2 aromatic rings. The fourth-order valence-corrected chi connectivity index (χ4v) is 3.58. The summed E-state index contributed by atoms with van der Waals surface area (Å²) < 4.78 is 22.5. The molecule has 0 N–H and O–H groups in total. The van der Waals surface area contributed by atoms with Crippen molar-refractivity contribution in [3.05, 3.63) is 70.8 Å². The summed E-state index contributed by atoms with van der Waals surface area (Å²) in [4.78, 5) is 36.7. The first-order valence-corrected chi connectivity index (χ1v) is 10.6. The number of hydrogen-bond donors (Lipinski definition) is 0. The van der Waals surface area contributed by atoms with E-state index in [1.807, 2.05) is 45.0 Å². The van der Waals surface area contributed by atoms with Gasteiger partial charge in [0.25, 0.3) is 0 Å². The van der Waals surface area contributed by atoms with Gasteiger partial charge in [0.2, 0.25) is 6.29 Å². The first-order valence-electron chi connectivity index (χ1n) is 10.6. The highest BCUT2D eigenvalue weighted by molar-refractivity contribution is 5.90. The van der Waals surface area contributed by atoms with Crippen LogP contribution in [0, 0.1) is 13.8 Å². The molecule has 0 spiro atoms. The van der Waals surface area contributed by atoms with Crippen LogP contribution in [0.25, 0.3) is 0 Å². The van der Waals surface area contributed by atoms with Gasteiger partial charge in [-0.2, -0.15) is 0 Å². The van der Waals surface area contributed by atoms with Crippen LogP contribution in [0.3, 0.4) is 0 Å². The van der Waals surface area contributed by atoms with Crippen LogP contribution in [0.2, 0.25) is 0 Å². The van der Waals surface area contributed by atoms with E-state index < -0.39 is 35.9 Å². The molecule has 0 radical (unpaired) electrons. The first kappa shape index (κ1) is 23.5. The third-order valence-electron chi connectivity index (χ3n) is 5.53. The van der Waals surface area contributed by atoms with Crippen molar-refractivity contribution in [2.45, 2.75) is 58.5 Å². The van der Waals surface area contributed by atoms with Gasteiger partial charge in [0.1, 0.15) is 18.3 Å². The van der Waals surface area contributed by atoms with Crippen LogP contribution in [-0.4, -0.2) is 42.5 Å². The number of hydrogen-bond acceptors (Lipinski definition) is 7. The van der Waals surface area contributed by atoms with Gasteiger partial charge in [-0.25, -0.2) is 9.59 Å². The van der Waals surface area contributed by atoms with Crippen molar-refractivity contribution >= 4 is 17.9 Å². The van der Waals surface area contributed by atoms with Gasteiger partial charge in [0.15, 0.2) is 0 Å². The number of rotatable bonds is 7. The van der Waals surface area contributed by atoms with E-state index in [4.69, 9.17) is 18.9 Å². The topological polar surface area (TPSA) is 88.1 Å². The van der Waals surface area contributed by atoms with Gasteiger partial charge in [-0.3, -0.25) is 4.79 Å². The monoisotopic (exact) mass is 440 g/mol. The molecular weight excluding hydrogens is 412 g/mol. The van der Waals surface area contributed by atoms with E-state index in [2.05, 4.69) is 0 Å². The molecule has 3 atom stereocenters. The second-order valence-electron chi connectivity index (χ2n) is 8.01. The molecule has 0 aliphatic carbocycles. The second-order valence-corrected chi connectivity index (χ2v) is 8.01. The summed E-state index contributed by atoms with van der Waals surface area (Å²) in [6.45, 7) is 6.81. The Labute approximate surface area is 187 Å². The average molecular weight is 440 g/mol. The quantitative estimate of drug-likeness (QED) is 0.472. The lowest BCUT2D eigenvalue weighted by Crippen LogP contribution is -2.46. The van der Waals surface area contributed by atoms with Crippen LogP contribution in [-0.2, 0) is 23.7 Å². The molecule has 1 heterocycles. The molecular formula is C25H28O7. The molecule has 170 valence electrons. The van der Waals surface area contributed by atoms with E-state index in [0.717, 1.165) is 11.1 Å². The number of ether oxygens (including phenoxy) is 4. The highest BCUT2D eigenvalue weighted by atomic mass is 16.7. The van der Waals surface area contributed by atoms with E-state index in [0.29, 0.717) is 17.5 Å². The fourth-order valence-electron chi connectivity index (χ4n) is 3.58. The molecule has 3 rings (SSSR count). The van der Waals surface area contributed by atoms with Crippen molar-refractivity contribution in [1.82, 2.24) is 0 Å². The highest BCUT2D eigenvalue weighted by Crippen LogP contribution is 2.37. The summed E-state index contributed by atoms with van der Waals surface area (Å²) in [6.07, 6.45) is -1.15. The summed E-state index contributed by atoms with van der Waals surface area (Å²) in [5, 5.41) is 0. The van der Waals surface area contributed by atoms with E-state index in [1.165, 1.54) is 6.92 Å². The zero-order valence-electron chi connectivity index (χ0n) is 18.8. The van der Waals surface area contributed by atoms with Crippen LogP contribution in [0.1, 0.15) is 58.5 Å². The molecule has 2 aromatic carbocycles. The molecule has 7 heteroatoms. The maximum Gasteiger partial charge on any atom is 0.338 e. The van der Waals surface area contributed by atoms with Crippen molar-refractivity contribution < 1.29 is 33.3 Å². The van der Waals surface area contributed by atoms with E-state index in [1.54, 1.807) is 24.3 Å². The Morgan fingerprint density at radius 1 is 0.906 bits per heavy atom. The van der Waals surface area contributed by atoms with Gasteiger partial charge in [-0.15, -0.1) is 0 Å². The number of carbonyl (C=O) groups excluding carboxylic acids is 3. The van der Waals surface area contributed by atoms with Gasteiger partial charge in [-0.05, 0) is 44.5 Å². The SMILES string of the molecule is CCC1(COC(=O)c2ccc(C)cc2)OC(OC(C)=O)CC1OC(=O)c1ccc(C)cc1. The fraction of sp³-hybridized carbons (Fsp3) is 0.400. The van der Waals surface area contributed by atoms with E-state index in [9.17, 15) is 14.4 Å². The standard InChI is InChI=1S/C25H28O7/c1-5-25(15-29-23(27)19-10-6-16(2)7-11-19)21(14-22(32-25)30-18(4)26)31-24(28)20-12-8-17(3)9-13-20/h6-13,21-22H,5,14-15H2,1-4H3. The van der Waals surface area contributed by atoms with Gasteiger partial charge < -0.3 is 18.9 Å². The zero-order valence-corrected chi connectivity index (χ0v) is 18.8. The molecule has 32 heavy (non-hydrogen) atoms. The molecule has 0 bridgehead atoms. The Morgan fingerprint density at radius 3 is 1.94 bits per heavy atom. The number of aryl methyl sites for hydroxylation is 2. The summed E-state index contributed by atoms with van der Waals surface area (Å²) in [7, 11) is 0. The number of esters is 3. The summed E-state index contributed by atoms with van der Waals surface area (Å²) in [5.41, 5.74) is 1.71. The molecule has 0 saturated carbocycles. The molecule has 1 aliphatic heterocycles. The predicted molar refractivity (Wildman–Crippen MR) is 116 cm³/mol. The minimum Gasteiger partial charge on any atom is -0.459 e. The van der Waals surface area contributed by atoms with Gasteiger partial charge in [0.05, 0.1) is 17.5 Å². The van der Waals surface area contributed by atoms with Crippen molar-refractivity contribution in [2.75, 3.05) is 6.61 Å². The predicted octanol–water partition coefficient (Wildman–Crippen LogP) is 4.14. The number of benzene rings is 2. The Bertz CT molecular complexity index is 965. The Hall–Kier alpha value is -3.19. The minimum absolute atomic E-state index is 0.146. The lowest BCUT2D eigenvalue weighted by molar-refractivity contribution is -0.197.